The van der Waals surface area contributed by atoms with Crippen molar-refractivity contribution in [2.75, 3.05) is 13.7 Å². The van der Waals surface area contributed by atoms with Gasteiger partial charge >= 0.3 is 6.01 Å². The molecule has 1 aliphatic rings. The Kier molecular flexibility index (Phi) is 1.92. The molecule has 0 aromatic carbocycles. The maximum Gasteiger partial charge on any atom is 0.315 e. The number of hydroxylamine groups is 1. The van der Waals surface area contributed by atoms with Crippen LogP contribution in [0, 0.1) is 0 Å². The largest absolute Gasteiger partial charge is 0.462 e. The van der Waals surface area contributed by atoms with Crippen molar-refractivity contribution in [3.63, 3.8) is 0 Å². The third-order valence-electron chi connectivity index (χ3n) is 1.59. The van der Waals surface area contributed by atoms with Gasteiger partial charge < -0.3 is 9.57 Å². The van der Waals surface area contributed by atoms with Crippen molar-refractivity contribution in [1.82, 2.24) is 20.2 Å². The van der Waals surface area contributed by atoms with Crippen LogP contribution in [-0.2, 0) is 17.9 Å². The van der Waals surface area contributed by atoms with E-state index in [0.29, 0.717) is 25.0 Å². The fraction of sp³-hybridized carbons (Fsp3) is 0.667. The Labute approximate surface area is 69.4 Å². The number of ether oxygens (including phenoxy) is 1. The number of hydrogen-bond acceptors (Lipinski definition) is 5. The van der Waals surface area contributed by atoms with Crippen LogP contribution >= 0.6 is 0 Å². The van der Waals surface area contributed by atoms with E-state index >= 15 is 0 Å². The normalized spacial score (nSPS) is 14.4. The molecule has 0 amide bonds. The van der Waals surface area contributed by atoms with Gasteiger partial charge in [-0.2, -0.15) is 15.6 Å². The second kappa shape index (κ2) is 3.08. The van der Waals surface area contributed by atoms with Crippen LogP contribution in [0.15, 0.2) is 0 Å². The lowest BCUT2D eigenvalue weighted by Crippen LogP contribution is -2.12. The van der Waals surface area contributed by atoms with E-state index in [4.69, 9.17) is 4.74 Å². The van der Waals surface area contributed by atoms with E-state index in [9.17, 15) is 0 Å². The second-order valence-electron chi connectivity index (χ2n) is 2.41. The van der Waals surface area contributed by atoms with Crippen LogP contribution in [0.25, 0.3) is 0 Å². The van der Waals surface area contributed by atoms with Crippen molar-refractivity contribution in [1.29, 1.82) is 0 Å². The van der Waals surface area contributed by atoms with Gasteiger partial charge in [0.1, 0.15) is 6.61 Å². The van der Waals surface area contributed by atoms with Crippen LogP contribution in [-0.4, -0.2) is 28.5 Å². The molecule has 0 unspecified atom stereocenters. The fourth-order valence-corrected chi connectivity index (χ4v) is 1.06. The highest BCUT2D eigenvalue weighted by Gasteiger charge is 2.15. The molecule has 6 nitrogen and oxygen atoms in total. The zero-order valence-corrected chi connectivity index (χ0v) is 6.78. The number of fused-ring (bicyclic) bond motifs is 1. The van der Waals surface area contributed by atoms with Crippen LogP contribution in [0.2, 0.25) is 0 Å². The van der Waals surface area contributed by atoms with Gasteiger partial charge in [-0.1, -0.05) is 0 Å². The lowest BCUT2D eigenvalue weighted by molar-refractivity contribution is 0.0847. The molecule has 1 aromatic rings. The highest BCUT2D eigenvalue weighted by atomic mass is 16.6. The van der Waals surface area contributed by atoms with Gasteiger partial charge in [-0.15, -0.1) is 0 Å². The SMILES string of the molecule is CONCc1nc2n(n1)CCO2. The number of nitrogens with zero attached hydrogens (tertiary/aromatic N) is 3. The Balaban J connectivity index is 2.05. The first kappa shape index (κ1) is 7.51. The minimum atomic E-state index is 0.500. The number of rotatable bonds is 3. The molecule has 1 aliphatic heterocycles. The Morgan fingerprint density at radius 3 is 3.42 bits per heavy atom. The van der Waals surface area contributed by atoms with Crippen LogP contribution in [0.1, 0.15) is 5.82 Å². The van der Waals surface area contributed by atoms with Gasteiger partial charge in [0.15, 0.2) is 5.82 Å². The molecule has 66 valence electrons. The van der Waals surface area contributed by atoms with Crippen LogP contribution in [0.3, 0.4) is 0 Å². The predicted molar refractivity (Wildman–Crippen MR) is 39.4 cm³/mol. The summed E-state index contributed by atoms with van der Waals surface area (Å²) >= 11 is 0. The van der Waals surface area contributed by atoms with Gasteiger partial charge in [0.25, 0.3) is 0 Å². The van der Waals surface area contributed by atoms with Crippen molar-refractivity contribution >= 4 is 0 Å². The lowest BCUT2D eigenvalue weighted by atomic mass is 10.6. The summed E-state index contributed by atoms with van der Waals surface area (Å²) in [6.45, 7) is 1.96. The Morgan fingerprint density at radius 1 is 1.75 bits per heavy atom. The first-order chi connectivity index (χ1) is 5.90. The van der Waals surface area contributed by atoms with Gasteiger partial charge in [-0.3, -0.25) is 0 Å². The summed E-state index contributed by atoms with van der Waals surface area (Å²) in [7, 11) is 1.56. The smallest absolute Gasteiger partial charge is 0.315 e. The van der Waals surface area contributed by atoms with Crippen LogP contribution < -0.4 is 10.2 Å². The van der Waals surface area contributed by atoms with E-state index in [0.717, 1.165) is 6.54 Å². The fourth-order valence-electron chi connectivity index (χ4n) is 1.06. The molecule has 0 spiro atoms. The molecule has 0 atom stereocenters. The van der Waals surface area contributed by atoms with Gasteiger partial charge in [0.05, 0.1) is 20.2 Å². The molecule has 0 radical (unpaired) electrons. The van der Waals surface area contributed by atoms with Crippen molar-refractivity contribution < 1.29 is 9.57 Å². The van der Waals surface area contributed by atoms with E-state index in [1.165, 1.54) is 0 Å². The van der Waals surface area contributed by atoms with Gasteiger partial charge in [0, 0.05) is 0 Å². The summed E-state index contributed by atoms with van der Waals surface area (Å²) in [5.74, 6) is 0.687. The minimum Gasteiger partial charge on any atom is -0.462 e. The summed E-state index contributed by atoms with van der Waals surface area (Å²) in [6.07, 6.45) is 0. The number of hydrogen-bond donors (Lipinski definition) is 1. The van der Waals surface area contributed by atoms with Crippen molar-refractivity contribution in [2.45, 2.75) is 13.1 Å². The summed E-state index contributed by atoms with van der Waals surface area (Å²) in [4.78, 5) is 8.78. The molecule has 0 fully saturated rings. The van der Waals surface area contributed by atoms with Crippen LogP contribution in [0.5, 0.6) is 6.01 Å². The lowest BCUT2D eigenvalue weighted by Gasteiger charge is -1.95. The zero-order chi connectivity index (χ0) is 8.39. The Hall–Kier alpha value is -1.14. The summed E-state index contributed by atoms with van der Waals surface area (Å²) in [5.41, 5.74) is 2.66. The Morgan fingerprint density at radius 2 is 2.67 bits per heavy atom. The molecule has 0 bridgehead atoms. The maximum atomic E-state index is 5.18. The van der Waals surface area contributed by atoms with E-state index in [1.54, 1.807) is 11.8 Å². The molecular weight excluding hydrogens is 160 g/mol. The third kappa shape index (κ3) is 1.26. The summed E-state index contributed by atoms with van der Waals surface area (Å²) in [5, 5.41) is 4.17. The molecule has 0 saturated heterocycles. The predicted octanol–water partition coefficient (Wildman–Crippen LogP) is -0.679. The summed E-state index contributed by atoms with van der Waals surface area (Å²) in [6, 6.07) is 0.600. The molecule has 0 aliphatic carbocycles. The third-order valence-corrected chi connectivity index (χ3v) is 1.59. The van der Waals surface area contributed by atoms with E-state index < -0.39 is 0 Å². The second-order valence-corrected chi connectivity index (χ2v) is 2.41. The van der Waals surface area contributed by atoms with E-state index in [2.05, 4.69) is 20.4 Å². The highest BCUT2D eigenvalue weighted by Crippen LogP contribution is 2.12. The minimum absolute atomic E-state index is 0.500. The molecule has 2 rings (SSSR count). The topological polar surface area (TPSA) is 61.2 Å². The van der Waals surface area contributed by atoms with E-state index in [-0.39, 0.29) is 0 Å². The molecule has 1 N–H and O–H groups in total. The average Bonchev–Trinajstić information content (AvgIpc) is 2.58. The van der Waals surface area contributed by atoms with Gasteiger partial charge in [0.2, 0.25) is 0 Å². The maximum absolute atomic E-state index is 5.18. The average molecular weight is 170 g/mol. The number of nitrogens with one attached hydrogen (secondary N) is 1. The van der Waals surface area contributed by atoms with Gasteiger partial charge in [-0.05, 0) is 0 Å². The molecule has 6 heteroatoms. The monoisotopic (exact) mass is 170 g/mol. The first-order valence-corrected chi connectivity index (χ1v) is 3.72. The molecule has 1 aromatic heterocycles. The first-order valence-electron chi connectivity index (χ1n) is 3.72. The van der Waals surface area contributed by atoms with Crippen LogP contribution in [0.4, 0.5) is 0 Å². The van der Waals surface area contributed by atoms with Gasteiger partial charge in [-0.25, -0.2) is 4.68 Å². The Bertz CT molecular complexity index is 251. The van der Waals surface area contributed by atoms with E-state index in [1.807, 2.05) is 0 Å². The quantitative estimate of drug-likeness (QED) is 0.609. The molecular formula is C6H10N4O2. The van der Waals surface area contributed by atoms with Crippen molar-refractivity contribution in [2.24, 2.45) is 0 Å². The zero-order valence-electron chi connectivity index (χ0n) is 6.78. The highest BCUT2D eigenvalue weighted by molar-refractivity contribution is 5.00. The molecule has 0 saturated carbocycles. The van der Waals surface area contributed by atoms with Crippen molar-refractivity contribution in [3.05, 3.63) is 5.82 Å². The summed E-state index contributed by atoms with van der Waals surface area (Å²) < 4.78 is 6.92. The standard InChI is InChI=1S/C6H10N4O2/c1-11-7-4-5-8-6-10(9-5)2-3-12-6/h7H,2-4H2,1H3. The molecule has 2 heterocycles. The number of aromatic nitrogens is 3. The van der Waals surface area contributed by atoms with Crippen molar-refractivity contribution in [3.8, 4) is 6.01 Å². The molecule has 12 heavy (non-hydrogen) atoms.